The van der Waals surface area contributed by atoms with Crippen LogP contribution in [-0.2, 0) is 4.79 Å². The standard InChI is InChI=1S/C37H71NO3/c1-3-5-7-9-11-13-14-15-16-17-18-19-20-21-22-23-24-25-27-29-31-33-37(41)38-35(34-39)36(40)32-30-28-26-12-10-8-6-4-2/h14-15,17-18,35-36,39-40H,3-13,16,19-34H2,1-2H3,(H,38,41)/b15-14-,18-17-. The molecule has 0 spiro atoms. The maximum Gasteiger partial charge on any atom is 0.220 e. The molecule has 0 fully saturated rings. The van der Waals surface area contributed by atoms with Gasteiger partial charge in [-0.3, -0.25) is 4.79 Å². The first-order chi connectivity index (χ1) is 20.2. The summed E-state index contributed by atoms with van der Waals surface area (Å²) in [6, 6.07) is -0.533. The number of amides is 1. The van der Waals surface area contributed by atoms with Crippen molar-refractivity contribution in [2.24, 2.45) is 0 Å². The van der Waals surface area contributed by atoms with E-state index in [2.05, 4.69) is 43.5 Å². The van der Waals surface area contributed by atoms with Gasteiger partial charge in [0.2, 0.25) is 5.91 Å². The molecule has 3 N–H and O–H groups in total. The monoisotopic (exact) mass is 578 g/mol. The molecule has 0 saturated carbocycles. The van der Waals surface area contributed by atoms with Gasteiger partial charge in [-0.1, -0.05) is 160 Å². The molecule has 2 unspecified atom stereocenters. The summed E-state index contributed by atoms with van der Waals surface area (Å²) in [5.74, 6) is -0.0399. The van der Waals surface area contributed by atoms with Gasteiger partial charge in [0, 0.05) is 6.42 Å². The largest absolute Gasteiger partial charge is 0.394 e. The zero-order valence-corrected chi connectivity index (χ0v) is 27.6. The van der Waals surface area contributed by atoms with Crippen LogP contribution in [-0.4, -0.2) is 34.9 Å². The minimum atomic E-state index is -0.656. The summed E-state index contributed by atoms with van der Waals surface area (Å²) in [7, 11) is 0. The number of unbranched alkanes of at least 4 members (excludes halogenated alkanes) is 21. The van der Waals surface area contributed by atoms with Gasteiger partial charge in [-0.25, -0.2) is 0 Å². The lowest BCUT2D eigenvalue weighted by Gasteiger charge is -2.22. The van der Waals surface area contributed by atoms with Crippen LogP contribution in [0.15, 0.2) is 24.3 Å². The fourth-order valence-electron chi connectivity index (χ4n) is 5.39. The Balaban J connectivity index is 3.53. The van der Waals surface area contributed by atoms with E-state index >= 15 is 0 Å². The van der Waals surface area contributed by atoms with Gasteiger partial charge < -0.3 is 15.5 Å². The fraction of sp³-hybridized carbons (Fsp3) is 0.865. The van der Waals surface area contributed by atoms with E-state index in [1.54, 1.807) is 0 Å². The average molecular weight is 578 g/mol. The molecule has 0 aromatic rings. The van der Waals surface area contributed by atoms with E-state index in [0.717, 1.165) is 32.1 Å². The van der Waals surface area contributed by atoms with Gasteiger partial charge in [-0.2, -0.15) is 0 Å². The zero-order chi connectivity index (χ0) is 30.1. The third kappa shape index (κ3) is 30.1. The molecule has 0 heterocycles. The second-order valence-electron chi connectivity index (χ2n) is 12.3. The van der Waals surface area contributed by atoms with Gasteiger partial charge in [0.15, 0.2) is 0 Å². The highest BCUT2D eigenvalue weighted by Crippen LogP contribution is 2.14. The van der Waals surface area contributed by atoms with Crippen LogP contribution in [0.4, 0.5) is 0 Å². The lowest BCUT2D eigenvalue weighted by molar-refractivity contribution is -0.123. The molecule has 4 nitrogen and oxygen atoms in total. The number of aliphatic hydroxyl groups excluding tert-OH is 2. The van der Waals surface area contributed by atoms with Gasteiger partial charge in [0.05, 0.1) is 18.8 Å². The van der Waals surface area contributed by atoms with E-state index in [0.29, 0.717) is 12.8 Å². The van der Waals surface area contributed by atoms with Gasteiger partial charge in [0.1, 0.15) is 0 Å². The van der Waals surface area contributed by atoms with Crippen LogP contribution in [0.3, 0.4) is 0 Å². The minimum Gasteiger partial charge on any atom is -0.394 e. The second kappa shape index (κ2) is 33.4. The van der Waals surface area contributed by atoms with Gasteiger partial charge >= 0.3 is 0 Å². The van der Waals surface area contributed by atoms with Crippen LogP contribution >= 0.6 is 0 Å². The predicted molar refractivity (Wildman–Crippen MR) is 179 cm³/mol. The quantitative estimate of drug-likeness (QED) is 0.0550. The van der Waals surface area contributed by atoms with Crippen molar-refractivity contribution < 1.29 is 15.0 Å². The third-order valence-corrected chi connectivity index (χ3v) is 8.22. The normalized spacial score (nSPS) is 13.4. The number of nitrogens with one attached hydrogen (secondary N) is 1. The summed E-state index contributed by atoms with van der Waals surface area (Å²) in [6.45, 7) is 4.31. The Morgan fingerprint density at radius 3 is 1.46 bits per heavy atom. The van der Waals surface area contributed by atoms with E-state index in [-0.39, 0.29) is 12.5 Å². The maximum absolute atomic E-state index is 12.3. The number of hydrogen-bond donors (Lipinski definition) is 3. The average Bonchev–Trinajstić information content (AvgIpc) is 2.97. The second-order valence-corrected chi connectivity index (χ2v) is 12.3. The molecule has 0 bridgehead atoms. The first-order valence-corrected chi connectivity index (χ1v) is 18.0. The van der Waals surface area contributed by atoms with Crippen molar-refractivity contribution in [3.8, 4) is 0 Å². The SMILES string of the molecule is CCCCCCC/C=C\C/C=C\CCCCCCCCCCCC(=O)NC(CO)C(O)CCCCCCCCCC. The Morgan fingerprint density at radius 2 is 1.00 bits per heavy atom. The van der Waals surface area contributed by atoms with Crippen molar-refractivity contribution in [3.63, 3.8) is 0 Å². The molecular formula is C37H71NO3. The molecule has 2 atom stereocenters. The lowest BCUT2D eigenvalue weighted by atomic mass is 10.0. The van der Waals surface area contributed by atoms with Crippen molar-refractivity contribution in [2.45, 2.75) is 199 Å². The van der Waals surface area contributed by atoms with Gasteiger partial charge in [-0.05, 0) is 44.9 Å². The summed E-state index contributed by atoms with van der Waals surface area (Å²) in [4.78, 5) is 12.3. The summed E-state index contributed by atoms with van der Waals surface area (Å²) in [5, 5.41) is 22.9. The van der Waals surface area contributed by atoms with E-state index in [4.69, 9.17) is 0 Å². The Kier molecular flexibility index (Phi) is 32.5. The van der Waals surface area contributed by atoms with Crippen LogP contribution in [0.2, 0.25) is 0 Å². The molecule has 0 aromatic carbocycles. The van der Waals surface area contributed by atoms with Gasteiger partial charge in [-0.15, -0.1) is 0 Å². The van der Waals surface area contributed by atoms with Crippen molar-refractivity contribution in [3.05, 3.63) is 24.3 Å². The highest BCUT2D eigenvalue weighted by atomic mass is 16.3. The molecule has 0 aliphatic rings. The molecule has 242 valence electrons. The van der Waals surface area contributed by atoms with Crippen LogP contribution in [0.5, 0.6) is 0 Å². The van der Waals surface area contributed by atoms with Crippen molar-refractivity contribution in [2.75, 3.05) is 6.61 Å². The Morgan fingerprint density at radius 1 is 0.585 bits per heavy atom. The zero-order valence-electron chi connectivity index (χ0n) is 27.6. The first-order valence-electron chi connectivity index (χ1n) is 18.0. The topological polar surface area (TPSA) is 69.6 Å². The van der Waals surface area contributed by atoms with Crippen molar-refractivity contribution in [1.82, 2.24) is 5.32 Å². The van der Waals surface area contributed by atoms with E-state index in [9.17, 15) is 15.0 Å². The summed E-state index contributed by atoms with van der Waals surface area (Å²) in [5.41, 5.74) is 0. The van der Waals surface area contributed by atoms with Crippen molar-refractivity contribution >= 4 is 5.91 Å². The Labute approximate surface area is 256 Å². The number of aliphatic hydroxyl groups is 2. The molecule has 4 heteroatoms. The molecule has 0 aliphatic carbocycles. The summed E-state index contributed by atoms with van der Waals surface area (Å²) < 4.78 is 0. The Hall–Kier alpha value is -1.13. The highest BCUT2D eigenvalue weighted by molar-refractivity contribution is 5.76. The van der Waals surface area contributed by atoms with Crippen molar-refractivity contribution in [1.29, 1.82) is 0 Å². The highest BCUT2D eigenvalue weighted by Gasteiger charge is 2.19. The molecule has 41 heavy (non-hydrogen) atoms. The molecule has 1 amide bonds. The number of carbonyl (C=O) groups is 1. The van der Waals surface area contributed by atoms with E-state index in [1.807, 2.05) is 0 Å². The number of hydrogen-bond acceptors (Lipinski definition) is 3. The van der Waals surface area contributed by atoms with Crippen LogP contribution < -0.4 is 5.32 Å². The molecule has 0 radical (unpaired) electrons. The molecule has 0 aliphatic heterocycles. The van der Waals surface area contributed by atoms with E-state index in [1.165, 1.54) is 128 Å². The van der Waals surface area contributed by atoms with Crippen LogP contribution in [0.1, 0.15) is 187 Å². The fourth-order valence-corrected chi connectivity index (χ4v) is 5.39. The lowest BCUT2D eigenvalue weighted by Crippen LogP contribution is -2.45. The predicted octanol–water partition coefficient (Wildman–Crippen LogP) is 10.5. The molecule has 0 saturated heterocycles. The van der Waals surface area contributed by atoms with Crippen LogP contribution in [0, 0.1) is 0 Å². The third-order valence-electron chi connectivity index (χ3n) is 8.22. The number of rotatable bonds is 32. The molecule has 0 rings (SSSR count). The molecule has 0 aromatic heterocycles. The summed E-state index contributed by atoms with van der Waals surface area (Å²) in [6.07, 6.45) is 40.9. The van der Waals surface area contributed by atoms with E-state index < -0.39 is 12.1 Å². The van der Waals surface area contributed by atoms with Gasteiger partial charge in [0.25, 0.3) is 0 Å². The van der Waals surface area contributed by atoms with Crippen LogP contribution in [0.25, 0.3) is 0 Å². The smallest absolute Gasteiger partial charge is 0.220 e. The minimum absolute atomic E-state index is 0.0399. The first kappa shape index (κ1) is 39.9. The Bertz CT molecular complexity index is 589. The summed E-state index contributed by atoms with van der Waals surface area (Å²) >= 11 is 0. The number of allylic oxidation sites excluding steroid dienone is 4. The number of carbonyl (C=O) groups excluding carboxylic acids is 1. The molecular weight excluding hydrogens is 506 g/mol. The maximum atomic E-state index is 12.3.